The Balaban J connectivity index is 1.04. The standard InChI is InChI=1S/C48H57ClN6O7Si/c1-5-61-37-18-20-42-34(25-37)26-40(50-22-9-10-24-56)46(58)55(42)36-16-13-32(14-17-36)28-54-43-19-15-35(49)27-39(43)48(47(54)59)31(2)45(63(3,4)60)44(62-48)21-23-53-29-41(51-52-53)38(30-57)33-11-7-6-8-12-33/h6-8,11-20,25,27,29,31,38,40,44-45,50,56-57,60H,5,9-10,21-24,26,28,30H2,1-4H3/t31-,38?,40?,44+,45-,48+/m0/s1. The van der Waals surface area contributed by atoms with Gasteiger partial charge >= 0.3 is 0 Å². The van der Waals surface area contributed by atoms with Gasteiger partial charge in [0.1, 0.15) is 5.75 Å². The van der Waals surface area contributed by atoms with Crippen LogP contribution < -0.4 is 19.9 Å². The first-order valence-electron chi connectivity index (χ1n) is 22.0. The second-order valence-corrected chi connectivity index (χ2v) is 21.9. The van der Waals surface area contributed by atoms with Crippen molar-refractivity contribution >= 4 is 48.8 Å². The van der Waals surface area contributed by atoms with Crippen molar-refractivity contribution in [1.82, 2.24) is 20.3 Å². The number of hydrogen-bond donors (Lipinski definition) is 4. The van der Waals surface area contributed by atoms with Crippen LogP contribution in [0.4, 0.5) is 17.1 Å². The van der Waals surface area contributed by atoms with Gasteiger partial charge in [-0.3, -0.25) is 19.2 Å². The maximum Gasteiger partial charge on any atom is 0.264 e. The molecule has 0 bridgehead atoms. The summed E-state index contributed by atoms with van der Waals surface area (Å²) in [6.07, 6.45) is 3.77. The Morgan fingerprint density at radius 2 is 1.76 bits per heavy atom. The van der Waals surface area contributed by atoms with Crippen LogP contribution in [0.3, 0.4) is 0 Å². The van der Waals surface area contributed by atoms with E-state index in [-0.39, 0.29) is 48.9 Å². The first kappa shape index (κ1) is 44.7. The molecule has 4 N–H and O–H groups in total. The molecule has 3 aliphatic rings. The van der Waals surface area contributed by atoms with Crippen LogP contribution in [0.25, 0.3) is 0 Å². The molecule has 1 fully saturated rings. The number of aliphatic hydroxyl groups excluding tert-OH is 2. The summed E-state index contributed by atoms with van der Waals surface area (Å²) in [5, 5.41) is 32.2. The first-order chi connectivity index (χ1) is 30.4. The zero-order valence-electron chi connectivity index (χ0n) is 36.3. The number of nitrogens with one attached hydrogen (secondary N) is 1. The van der Waals surface area contributed by atoms with Crippen LogP contribution in [0.15, 0.2) is 97.2 Å². The van der Waals surface area contributed by atoms with Gasteiger partial charge in [-0.2, -0.15) is 0 Å². The number of halogens is 1. The summed E-state index contributed by atoms with van der Waals surface area (Å²) in [4.78, 5) is 44.6. The van der Waals surface area contributed by atoms with Crippen molar-refractivity contribution in [1.29, 1.82) is 0 Å². The molecule has 8 rings (SSSR count). The van der Waals surface area contributed by atoms with Crippen molar-refractivity contribution in [3.8, 4) is 5.75 Å². The zero-order chi connectivity index (χ0) is 44.5. The third kappa shape index (κ3) is 8.70. The molecule has 63 heavy (non-hydrogen) atoms. The predicted molar refractivity (Wildman–Crippen MR) is 245 cm³/mol. The number of unbranched alkanes of at least 4 members (excludes halogenated alkanes) is 1. The summed E-state index contributed by atoms with van der Waals surface area (Å²) in [5.41, 5.74) is 4.66. The number of hydrogen-bond acceptors (Lipinski definition) is 10. The molecule has 3 aliphatic heterocycles. The number of rotatable bonds is 17. The monoisotopic (exact) mass is 892 g/mol. The SMILES string of the molecule is CCOc1ccc2c(c1)CC(NCCCCO)C(=O)N2c1ccc(CN2C(=O)[C@]3(O[C@H](CCn4cc(C(CO)c5ccccc5)nn4)[C@@H]([Si](C)(C)O)[C@@H]3C)c3cc(Cl)ccc32)cc1. The number of anilines is 3. The van der Waals surface area contributed by atoms with Crippen LogP contribution in [0.1, 0.15) is 67.0 Å². The van der Waals surface area contributed by atoms with Gasteiger partial charge in [0.05, 0.1) is 54.9 Å². The highest BCUT2D eigenvalue weighted by Crippen LogP contribution is 2.60. The first-order valence-corrected chi connectivity index (χ1v) is 25.4. The fourth-order valence-electron chi connectivity index (χ4n) is 10.0. The van der Waals surface area contributed by atoms with E-state index in [0.29, 0.717) is 66.6 Å². The van der Waals surface area contributed by atoms with Crippen molar-refractivity contribution in [2.24, 2.45) is 5.92 Å². The maximum atomic E-state index is 15.1. The number of carbonyl (C=O) groups excluding carboxylic acids is 2. The molecule has 4 heterocycles. The molecular formula is C48H57ClN6O7Si. The molecule has 0 radical (unpaired) electrons. The van der Waals surface area contributed by atoms with E-state index in [4.69, 9.17) is 21.1 Å². The van der Waals surface area contributed by atoms with Gasteiger partial charge < -0.3 is 34.7 Å². The fourth-order valence-corrected chi connectivity index (χ4v) is 12.8. The van der Waals surface area contributed by atoms with Crippen LogP contribution in [-0.2, 0) is 39.4 Å². The van der Waals surface area contributed by atoms with E-state index in [0.717, 1.165) is 34.5 Å². The molecule has 2 amide bonds. The normalized spacial score (nSPS) is 22.5. The lowest BCUT2D eigenvalue weighted by Crippen LogP contribution is -2.49. The minimum Gasteiger partial charge on any atom is -0.494 e. The van der Waals surface area contributed by atoms with Crippen molar-refractivity contribution in [2.75, 3.05) is 36.2 Å². The second-order valence-electron chi connectivity index (χ2n) is 17.5. The number of carbonyl (C=O) groups is 2. The van der Waals surface area contributed by atoms with Gasteiger partial charge in [-0.05, 0) is 117 Å². The third-order valence-electron chi connectivity index (χ3n) is 12.9. The molecule has 5 aromatic rings. The summed E-state index contributed by atoms with van der Waals surface area (Å²) in [7, 11) is -2.94. The Hall–Kier alpha value is -4.93. The molecule has 2 unspecified atom stereocenters. The smallest absolute Gasteiger partial charge is 0.264 e. The molecule has 0 saturated carbocycles. The lowest BCUT2D eigenvalue weighted by molar-refractivity contribution is -0.146. The van der Waals surface area contributed by atoms with Crippen LogP contribution in [0.5, 0.6) is 5.75 Å². The summed E-state index contributed by atoms with van der Waals surface area (Å²) in [6, 6.07) is 28.3. The average molecular weight is 894 g/mol. The number of amides is 2. The van der Waals surface area contributed by atoms with E-state index < -0.39 is 26.1 Å². The minimum atomic E-state index is -2.94. The number of nitrogens with zero attached hydrogens (tertiary/aromatic N) is 5. The fraction of sp³-hybridized carbons (Fsp3) is 0.417. The maximum absolute atomic E-state index is 15.1. The molecule has 332 valence electrons. The number of benzene rings is 4. The largest absolute Gasteiger partial charge is 0.494 e. The van der Waals surface area contributed by atoms with Gasteiger partial charge in [0.2, 0.25) is 5.91 Å². The van der Waals surface area contributed by atoms with E-state index in [1.165, 1.54) is 0 Å². The van der Waals surface area contributed by atoms with E-state index in [1.807, 2.05) is 118 Å². The molecule has 13 nitrogen and oxygen atoms in total. The van der Waals surface area contributed by atoms with Crippen LogP contribution >= 0.6 is 11.6 Å². The van der Waals surface area contributed by atoms with Gasteiger partial charge in [0.25, 0.3) is 5.91 Å². The number of aromatic nitrogens is 3. The van der Waals surface area contributed by atoms with Gasteiger partial charge in [0, 0.05) is 47.1 Å². The molecule has 6 atom stereocenters. The summed E-state index contributed by atoms with van der Waals surface area (Å²) < 4.78 is 14.6. The van der Waals surface area contributed by atoms with Crippen LogP contribution in [0, 0.1) is 5.92 Å². The van der Waals surface area contributed by atoms with E-state index in [9.17, 15) is 19.8 Å². The van der Waals surface area contributed by atoms with Crippen molar-refractivity contribution < 1.29 is 34.1 Å². The lowest BCUT2D eigenvalue weighted by Gasteiger charge is -2.35. The van der Waals surface area contributed by atoms with Crippen molar-refractivity contribution in [2.45, 2.75) is 94.9 Å². The zero-order valence-corrected chi connectivity index (χ0v) is 38.0. The average Bonchev–Trinajstić information content (AvgIpc) is 3.93. The highest BCUT2D eigenvalue weighted by Gasteiger charge is 2.66. The molecule has 15 heteroatoms. The number of aryl methyl sites for hydroxylation is 1. The second kappa shape index (κ2) is 18.7. The topological polar surface area (TPSA) is 163 Å². The van der Waals surface area contributed by atoms with E-state index in [1.54, 1.807) is 20.5 Å². The molecule has 1 spiro atoms. The van der Waals surface area contributed by atoms with Crippen LogP contribution in [-0.4, -0.2) is 88.6 Å². The Morgan fingerprint density at radius 1 is 1.00 bits per heavy atom. The predicted octanol–water partition coefficient (Wildman–Crippen LogP) is 6.84. The van der Waals surface area contributed by atoms with Gasteiger partial charge in [-0.25, -0.2) is 0 Å². The Bertz CT molecular complexity index is 2410. The number of fused-ring (bicyclic) bond motifs is 3. The Kier molecular flexibility index (Phi) is 13.2. The van der Waals surface area contributed by atoms with Gasteiger partial charge in [0.15, 0.2) is 13.9 Å². The quantitative estimate of drug-likeness (QED) is 0.0575. The number of ether oxygens (including phenoxy) is 2. The highest BCUT2D eigenvalue weighted by atomic mass is 35.5. The molecule has 0 aliphatic carbocycles. The Labute approximate surface area is 374 Å². The highest BCUT2D eigenvalue weighted by molar-refractivity contribution is 6.71. The third-order valence-corrected chi connectivity index (χ3v) is 15.7. The molecule has 1 aromatic heterocycles. The Morgan fingerprint density at radius 3 is 2.48 bits per heavy atom. The molecule has 1 saturated heterocycles. The summed E-state index contributed by atoms with van der Waals surface area (Å²) in [6.45, 7) is 9.56. The molecular weight excluding hydrogens is 836 g/mol. The lowest BCUT2D eigenvalue weighted by atomic mass is 9.82. The van der Waals surface area contributed by atoms with E-state index in [2.05, 4.69) is 15.6 Å². The number of aliphatic hydroxyl groups is 2. The van der Waals surface area contributed by atoms with Crippen molar-refractivity contribution in [3.05, 3.63) is 130 Å². The van der Waals surface area contributed by atoms with Crippen molar-refractivity contribution in [3.63, 3.8) is 0 Å². The minimum absolute atomic E-state index is 0.0662. The van der Waals surface area contributed by atoms with Gasteiger partial charge in [-0.15, -0.1) is 5.10 Å². The summed E-state index contributed by atoms with van der Waals surface area (Å²) in [5.74, 6) is -0.225. The van der Waals surface area contributed by atoms with Gasteiger partial charge in [-0.1, -0.05) is 66.2 Å². The summed E-state index contributed by atoms with van der Waals surface area (Å²) >= 11 is 6.68. The molecule has 4 aromatic carbocycles. The van der Waals surface area contributed by atoms with E-state index >= 15 is 4.79 Å². The van der Waals surface area contributed by atoms with Crippen LogP contribution in [0.2, 0.25) is 23.7 Å².